The van der Waals surface area contributed by atoms with Crippen LogP contribution in [0.2, 0.25) is 0 Å². The van der Waals surface area contributed by atoms with Crippen LogP contribution in [0.5, 0.6) is 0 Å². The molecule has 0 aliphatic heterocycles. The van der Waals surface area contributed by atoms with E-state index in [1.807, 2.05) is 24.0 Å². The molecule has 1 fully saturated rings. The second-order valence-corrected chi connectivity index (χ2v) is 9.68. The summed E-state index contributed by atoms with van der Waals surface area (Å²) < 4.78 is 4.00. The maximum atomic E-state index is 13.4. The van der Waals surface area contributed by atoms with Gasteiger partial charge in [-0.15, -0.1) is 11.3 Å². The molecule has 5 heteroatoms. The van der Waals surface area contributed by atoms with Crippen molar-refractivity contribution in [3.05, 3.63) is 104 Å². The van der Waals surface area contributed by atoms with Crippen molar-refractivity contribution in [3.63, 3.8) is 0 Å². The van der Waals surface area contributed by atoms with Crippen LogP contribution in [0, 0.1) is 13.8 Å². The molecule has 1 aromatic carbocycles. The number of rotatable bonds is 6. The van der Waals surface area contributed by atoms with Gasteiger partial charge in [-0.1, -0.05) is 18.2 Å². The Kier molecular flexibility index (Phi) is 5.14. The van der Waals surface area contributed by atoms with Gasteiger partial charge in [0.2, 0.25) is 0 Å². The molecule has 1 atom stereocenters. The standard InChI is InChI=1S/C26H27N3OS/c1-17-11-20(6-9-24(17)28-14-18(2)27-16-28)12-22-13-23(21-7-8-21)15-29(26(22)30)19(3)25-5-4-10-31-25/h4-6,9-11,13-16,19,21H,7-8,12H2,1-3H3/t19-/m0/s1. The number of pyridine rings is 1. The molecule has 3 heterocycles. The molecule has 1 saturated carbocycles. The molecular weight excluding hydrogens is 402 g/mol. The average molecular weight is 430 g/mol. The van der Waals surface area contributed by atoms with Crippen molar-refractivity contribution >= 4 is 11.3 Å². The Balaban J connectivity index is 1.50. The SMILES string of the molecule is Cc1cn(-c2ccc(Cc3cc(C4CC4)cn([C@@H](C)c4cccs4)c3=O)cc2C)cn1. The summed E-state index contributed by atoms with van der Waals surface area (Å²) in [5.41, 5.74) is 6.79. The summed E-state index contributed by atoms with van der Waals surface area (Å²) in [5, 5.41) is 2.08. The van der Waals surface area contributed by atoms with Crippen molar-refractivity contribution in [3.8, 4) is 5.69 Å². The van der Waals surface area contributed by atoms with Crippen molar-refractivity contribution in [1.82, 2.24) is 14.1 Å². The molecule has 31 heavy (non-hydrogen) atoms. The summed E-state index contributed by atoms with van der Waals surface area (Å²) in [6, 6.07) is 12.8. The number of hydrogen-bond acceptors (Lipinski definition) is 3. The molecule has 0 saturated heterocycles. The molecule has 0 unspecified atom stereocenters. The molecule has 1 aliphatic carbocycles. The molecule has 5 rings (SSSR count). The van der Waals surface area contributed by atoms with Gasteiger partial charge in [-0.3, -0.25) is 4.79 Å². The minimum absolute atomic E-state index is 0.0542. The van der Waals surface area contributed by atoms with Crippen LogP contribution in [0.4, 0.5) is 0 Å². The van der Waals surface area contributed by atoms with Gasteiger partial charge in [0.25, 0.3) is 5.56 Å². The third-order valence-electron chi connectivity index (χ3n) is 6.20. The number of thiophene rings is 1. The first-order valence-corrected chi connectivity index (χ1v) is 11.8. The summed E-state index contributed by atoms with van der Waals surface area (Å²) in [7, 11) is 0. The monoisotopic (exact) mass is 429 g/mol. The normalized spacial score (nSPS) is 14.7. The van der Waals surface area contributed by atoms with Gasteiger partial charge >= 0.3 is 0 Å². The Hall–Kier alpha value is -2.92. The lowest BCUT2D eigenvalue weighted by molar-refractivity contribution is 0.614. The Labute approximate surface area is 186 Å². The zero-order valence-corrected chi connectivity index (χ0v) is 19.0. The molecule has 0 N–H and O–H groups in total. The van der Waals surface area contributed by atoms with E-state index in [1.54, 1.807) is 11.3 Å². The fraction of sp³-hybridized carbons (Fsp3) is 0.308. The first-order chi connectivity index (χ1) is 15.0. The summed E-state index contributed by atoms with van der Waals surface area (Å²) in [5.74, 6) is 0.606. The van der Waals surface area contributed by atoms with E-state index >= 15 is 0 Å². The minimum atomic E-state index is 0.0542. The van der Waals surface area contributed by atoms with Crippen molar-refractivity contribution in [2.45, 2.75) is 52.0 Å². The summed E-state index contributed by atoms with van der Waals surface area (Å²) in [6.07, 6.45) is 9.09. The largest absolute Gasteiger partial charge is 0.307 e. The molecule has 158 valence electrons. The molecule has 0 spiro atoms. The molecule has 4 aromatic rings. The topological polar surface area (TPSA) is 39.8 Å². The van der Waals surface area contributed by atoms with Crippen LogP contribution in [0.25, 0.3) is 5.69 Å². The van der Waals surface area contributed by atoms with Gasteiger partial charge in [0.05, 0.1) is 18.1 Å². The summed E-state index contributed by atoms with van der Waals surface area (Å²) in [4.78, 5) is 19.0. The Morgan fingerprint density at radius 1 is 1.16 bits per heavy atom. The molecule has 1 aliphatic rings. The van der Waals surface area contributed by atoms with Gasteiger partial charge in [0.1, 0.15) is 0 Å². The van der Waals surface area contributed by atoms with Crippen molar-refractivity contribution < 1.29 is 0 Å². The van der Waals surface area contributed by atoms with E-state index < -0.39 is 0 Å². The molecule has 4 nitrogen and oxygen atoms in total. The van der Waals surface area contributed by atoms with E-state index in [9.17, 15) is 4.79 Å². The highest BCUT2D eigenvalue weighted by Gasteiger charge is 2.26. The summed E-state index contributed by atoms with van der Waals surface area (Å²) >= 11 is 1.71. The van der Waals surface area contributed by atoms with Gasteiger partial charge in [0, 0.05) is 34.9 Å². The van der Waals surface area contributed by atoms with Gasteiger partial charge in [-0.05, 0) is 79.8 Å². The minimum Gasteiger partial charge on any atom is -0.307 e. The number of imidazole rings is 1. The van der Waals surface area contributed by atoms with Crippen LogP contribution in [-0.4, -0.2) is 14.1 Å². The Morgan fingerprint density at radius 3 is 2.65 bits per heavy atom. The van der Waals surface area contributed by atoms with E-state index in [0.717, 1.165) is 16.9 Å². The number of benzene rings is 1. The van der Waals surface area contributed by atoms with Crippen molar-refractivity contribution in [2.75, 3.05) is 0 Å². The van der Waals surface area contributed by atoms with E-state index in [2.05, 4.69) is 71.4 Å². The molecule has 3 aromatic heterocycles. The lowest BCUT2D eigenvalue weighted by atomic mass is 10.0. The van der Waals surface area contributed by atoms with Crippen LogP contribution in [-0.2, 0) is 6.42 Å². The van der Waals surface area contributed by atoms with Gasteiger partial charge in [0.15, 0.2) is 0 Å². The summed E-state index contributed by atoms with van der Waals surface area (Å²) in [6.45, 7) is 6.24. The van der Waals surface area contributed by atoms with Crippen LogP contribution < -0.4 is 5.56 Å². The van der Waals surface area contributed by atoms with E-state index in [4.69, 9.17) is 0 Å². The average Bonchev–Trinajstić information content (AvgIpc) is 3.27. The smallest absolute Gasteiger partial charge is 0.254 e. The number of aromatic nitrogens is 3. The Morgan fingerprint density at radius 2 is 2.00 bits per heavy atom. The Bertz CT molecular complexity index is 1280. The maximum Gasteiger partial charge on any atom is 0.254 e. The highest BCUT2D eigenvalue weighted by Crippen LogP contribution is 2.40. The molecule has 0 bridgehead atoms. The van der Waals surface area contributed by atoms with Crippen LogP contribution in [0.3, 0.4) is 0 Å². The fourth-order valence-electron chi connectivity index (χ4n) is 4.30. The number of hydrogen-bond donors (Lipinski definition) is 0. The van der Waals surface area contributed by atoms with Gasteiger partial charge < -0.3 is 9.13 Å². The second kappa shape index (κ2) is 7.97. The second-order valence-electron chi connectivity index (χ2n) is 8.70. The highest BCUT2D eigenvalue weighted by molar-refractivity contribution is 7.10. The predicted molar refractivity (Wildman–Crippen MR) is 127 cm³/mol. The zero-order chi connectivity index (χ0) is 21.5. The lowest BCUT2D eigenvalue weighted by Gasteiger charge is -2.17. The first kappa shape index (κ1) is 20.0. The maximum absolute atomic E-state index is 13.4. The van der Waals surface area contributed by atoms with Gasteiger partial charge in [-0.25, -0.2) is 4.98 Å². The van der Waals surface area contributed by atoms with Crippen LogP contribution in [0.1, 0.15) is 64.6 Å². The quantitative estimate of drug-likeness (QED) is 0.389. The van der Waals surface area contributed by atoms with Crippen molar-refractivity contribution in [1.29, 1.82) is 0 Å². The fourth-order valence-corrected chi connectivity index (χ4v) is 5.08. The van der Waals surface area contributed by atoms with Crippen LogP contribution in [0.15, 0.2) is 65.3 Å². The zero-order valence-electron chi connectivity index (χ0n) is 18.2. The number of aryl methyl sites for hydroxylation is 2. The highest BCUT2D eigenvalue weighted by atomic mass is 32.1. The molecule has 0 radical (unpaired) electrons. The number of nitrogens with zero attached hydrogens (tertiary/aromatic N) is 3. The van der Waals surface area contributed by atoms with Gasteiger partial charge in [-0.2, -0.15) is 0 Å². The van der Waals surface area contributed by atoms with Crippen LogP contribution >= 0.6 is 11.3 Å². The third kappa shape index (κ3) is 4.02. The van der Waals surface area contributed by atoms with E-state index in [-0.39, 0.29) is 11.6 Å². The third-order valence-corrected chi connectivity index (χ3v) is 7.25. The first-order valence-electron chi connectivity index (χ1n) is 10.9. The lowest BCUT2D eigenvalue weighted by Crippen LogP contribution is -2.27. The predicted octanol–water partition coefficient (Wildman–Crippen LogP) is 5.79. The molecule has 0 amide bonds. The molecular formula is C26H27N3OS. The van der Waals surface area contributed by atoms with E-state index in [1.165, 1.54) is 34.4 Å². The van der Waals surface area contributed by atoms with Crippen molar-refractivity contribution in [2.24, 2.45) is 0 Å². The van der Waals surface area contributed by atoms with E-state index in [0.29, 0.717) is 12.3 Å².